The number of rotatable bonds is 3. The van der Waals surface area contributed by atoms with Crippen molar-refractivity contribution < 1.29 is 14.7 Å². The normalized spacial score (nSPS) is 17.8. The molecule has 0 aromatic carbocycles. The van der Waals surface area contributed by atoms with Gasteiger partial charge in [-0.05, 0) is 25.1 Å². The van der Waals surface area contributed by atoms with Gasteiger partial charge in [0.25, 0.3) is 5.91 Å². The Morgan fingerprint density at radius 1 is 1.56 bits per heavy atom. The monoisotopic (exact) mass is 299 g/mol. The van der Waals surface area contributed by atoms with Crippen LogP contribution in [0.2, 0.25) is 0 Å². The SMILES string of the molecule is Cc1ccc(/C=C2\SC(=S)N(CC(=O)O)C2=O)s1. The number of aryl methyl sites for hydroxylation is 1. The summed E-state index contributed by atoms with van der Waals surface area (Å²) in [4.78, 5) is 26.3. The summed E-state index contributed by atoms with van der Waals surface area (Å²) < 4.78 is 0.293. The second-order valence-electron chi connectivity index (χ2n) is 3.61. The number of carbonyl (C=O) groups is 2. The zero-order valence-electron chi connectivity index (χ0n) is 9.37. The van der Waals surface area contributed by atoms with Gasteiger partial charge in [0.05, 0.1) is 4.91 Å². The molecule has 1 N–H and O–H groups in total. The molecule has 7 heteroatoms. The maximum atomic E-state index is 12.0. The molecule has 0 atom stereocenters. The Hall–Kier alpha value is -1.18. The van der Waals surface area contributed by atoms with E-state index in [2.05, 4.69) is 0 Å². The smallest absolute Gasteiger partial charge is 0.323 e. The first-order valence-electron chi connectivity index (χ1n) is 5.01. The van der Waals surface area contributed by atoms with Crippen LogP contribution in [0, 0.1) is 6.92 Å². The van der Waals surface area contributed by atoms with Gasteiger partial charge >= 0.3 is 5.97 Å². The molecule has 0 saturated carbocycles. The Labute approximate surface area is 117 Å². The molecule has 0 spiro atoms. The molecule has 2 rings (SSSR count). The summed E-state index contributed by atoms with van der Waals surface area (Å²) >= 11 is 7.71. The van der Waals surface area contributed by atoms with Crippen LogP contribution in [0.4, 0.5) is 0 Å². The van der Waals surface area contributed by atoms with E-state index in [9.17, 15) is 9.59 Å². The van der Waals surface area contributed by atoms with Crippen molar-refractivity contribution in [3.8, 4) is 0 Å². The van der Waals surface area contributed by atoms with Crippen molar-refractivity contribution in [2.45, 2.75) is 6.92 Å². The minimum atomic E-state index is -1.07. The van der Waals surface area contributed by atoms with Gasteiger partial charge in [-0.2, -0.15) is 0 Å². The van der Waals surface area contributed by atoms with E-state index in [0.717, 1.165) is 26.4 Å². The summed E-state index contributed by atoms with van der Waals surface area (Å²) in [6, 6.07) is 3.89. The Morgan fingerprint density at radius 2 is 2.28 bits per heavy atom. The van der Waals surface area contributed by atoms with E-state index in [1.165, 1.54) is 0 Å². The predicted molar refractivity (Wildman–Crippen MR) is 76.6 cm³/mol. The number of hydrogen-bond acceptors (Lipinski definition) is 5. The molecule has 1 aliphatic heterocycles. The lowest BCUT2D eigenvalue weighted by Gasteiger charge is -2.09. The molecule has 1 fully saturated rings. The van der Waals surface area contributed by atoms with Crippen LogP contribution in [0.25, 0.3) is 6.08 Å². The van der Waals surface area contributed by atoms with Gasteiger partial charge in [-0.3, -0.25) is 14.5 Å². The minimum Gasteiger partial charge on any atom is -0.480 e. The minimum absolute atomic E-state index is 0.293. The average molecular weight is 299 g/mol. The van der Waals surface area contributed by atoms with Crippen LogP contribution in [0.1, 0.15) is 9.75 Å². The van der Waals surface area contributed by atoms with Crippen LogP contribution >= 0.6 is 35.3 Å². The fourth-order valence-electron chi connectivity index (χ4n) is 1.43. The molecule has 1 aromatic rings. The highest BCUT2D eigenvalue weighted by atomic mass is 32.2. The number of carboxylic acid groups (broad SMARTS) is 1. The van der Waals surface area contributed by atoms with Gasteiger partial charge in [0.1, 0.15) is 10.9 Å². The summed E-state index contributed by atoms with van der Waals surface area (Å²) in [5.74, 6) is -1.40. The molecular formula is C11H9NO3S3. The van der Waals surface area contributed by atoms with Gasteiger partial charge in [-0.25, -0.2) is 0 Å². The molecule has 18 heavy (non-hydrogen) atoms. The molecule has 0 aliphatic carbocycles. The first-order chi connectivity index (χ1) is 8.47. The maximum Gasteiger partial charge on any atom is 0.323 e. The molecule has 0 unspecified atom stereocenters. The zero-order chi connectivity index (χ0) is 13.3. The largest absolute Gasteiger partial charge is 0.480 e. The predicted octanol–water partition coefficient (Wildman–Crippen LogP) is 2.34. The van der Waals surface area contributed by atoms with E-state index in [1.807, 2.05) is 19.1 Å². The van der Waals surface area contributed by atoms with Gasteiger partial charge in [-0.15, -0.1) is 11.3 Å². The molecule has 2 heterocycles. The molecule has 0 radical (unpaired) electrons. The number of thiophene rings is 1. The molecule has 1 aromatic heterocycles. The third-order valence-corrected chi connectivity index (χ3v) is 4.53. The van der Waals surface area contributed by atoms with E-state index in [-0.39, 0.29) is 12.5 Å². The average Bonchev–Trinajstić information content (AvgIpc) is 2.78. The molecule has 94 valence electrons. The highest BCUT2D eigenvalue weighted by molar-refractivity contribution is 8.26. The summed E-state index contributed by atoms with van der Waals surface area (Å²) in [6.07, 6.45) is 1.75. The Bertz CT molecular complexity index is 562. The molecule has 1 saturated heterocycles. The van der Waals surface area contributed by atoms with Crippen LogP contribution < -0.4 is 0 Å². The molecule has 0 bridgehead atoms. The molecule has 1 amide bonds. The number of thioether (sulfide) groups is 1. The van der Waals surface area contributed by atoms with Crippen LogP contribution in [-0.4, -0.2) is 32.7 Å². The van der Waals surface area contributed by atoms with Crippen molar-refractivity contribution in [1.29, 1.82) is 0 Å². The third kappa shape index (κ3) is 2.80. The highest BCUT2D eigenvalue weighted by Gasteiger charge is 2.33. The Balaban J connectivity index is 2.22. The van der Waals surface area contributed by atoms with E-state index >= 15 is 0 Å². The lowest BCUT2D eigenvalue weighted by molar-refractivity contribution is -0.140. The van der Waals surface area contributed by atoms with Gasteiger partial charge in [0.15, 0.2) is 0 Å². The Morgan fingerprint density at radius 3 is 2.83 bits per heavy atom. The van der Waals surface area contributed by atoms with Crippen molar-refractivity contribution >= 4 is 57.6 Å². The summed E-state index contributed by atoms with van der Waals surface area (Å²) in [7, 11) is 0. The van der Waals surface area contributed by atoms with Crippen molar-refractivity contribution in [2.75, 3.05) is 6.54 Å². The quantitative estimate of drug-likeness (QED) is 0.686. The zero-order valence-corrected chi connectivity index (χ0v) is 11.8. The number of carbonyl (C=O) groups excluding carboxylic acids is 1. The van der Waals surface area contributed by atoms with Gasteiger partial charge in [0, 0.05) is 9.75 Å². The van der Waals surface area contributed by atoms with E-state index in [0.29, 0.717) is 9.23 Å². The van der Waals surface area contributed by atoms with E-state index in [1.54, 1.807) is 17.4 Å². The van der Waals surface area contributed by atoms with Crippen LogP contribution in [0.15, 0.2) is 17.0 Å². The van der Waals surface area contributed by atoms with Crippen LogP contribution in [0.3, 0.4) is 0 Å². The van der Waals surface area contributed by atoms with Gasteiger partial charge < -0.3 is 5.11 Å². The summed E-state index contributed by atoms with van der Waals surface area (Å²) in [5, 5.41) is 8.71. The third-order valence-electron chi connectivity index (χ3n) is 2.20. The Kier molecular flexibility index (Phi) is 3.84. The molecular weight excluding hydrogens is 290 g/mol. The lowest BCUT2D eigenvalue weighted by Crippen LogP contribution is -2.33. The van der Waals surface area contributed by atoms with Gasteiger partial charge in [0.2, 0.25) is 0 Å². The number of aliphatic carboxylic acids is 1. The van der Waals surface area contributed by atoms with E-state index in [4.69, 9.17) is 17.3 Å². The first kappa shape index (κ1) is 13.3. The summed E-state index contributed by atoms with van der Waals surface area (Å²) in [5.41, 5.74) is 0. The van der Waals surface area contributed by atoms with Crippen molar-refractivity contribution in [1.82, 2.24) is 4.90 Å². The first-order valence-corrected chi connectivity index (χ1v) is 7.05. The maximum absolute atomic E-state index is 12.0. The molecule has 1 aliphatic rings. The number of nitrogens with zero attached hydrogens (tertiary/aromatic N) is 1. The fourth-order valence-corrected chi connectivity index (χ4v) is 3.57. The second-order valence-corrected chi connectivity index (χ2v) is 6.61. The van der Waals surface area contributed by atoms with Gasteiger partial charge in [-0.1, -0.05) is 24.0 Å². The number of carboxylic acids is 1. The number of amides is 1. The van der Waals surface area contributed by atoms with Crippen LogP contribution in [-0.2, 0) is 9.59 Å². The fraction of sp³-hybridized carbons (Fsp3) is 0.182. The van der Waals surface area contributed by atoms with E-state index < -0.39 is 5.97 Å². The van der Waals surface area contributed by atoms with Crippen molar-refractivity contribution in [3.05, 3.63) is 26.8 Å². The number of thiocarbonyl (C=S) groups is 1. The lowest BCUT2D eigenvalue weighted by atomic mass is 10.3. The van der Waals surface area contributed by atoms with Crippen LogP contribution in [0.5, 0.6) is 0 Å². The highest BCUT2D eigenvalue weighted by Crippen LogP contribution is 2.33. The summed E-state index contributed by atoms with van der Waals surface area (Å²) in [6.45, 7) is 1.60. The van der Waals surface area contributed by atoms with Crippen molar-refractivity contribution in [3.63, 3.8) is 0 Å². The van der Waals surface area contributed by atoms with Crippen molar-refractivity contribution in [2.24, 2.45) is 0 Å². The molecule has 4 nitrogen and oxygen atoms in total. The second kappa shape index (κ2) is 5.21. The standard InChI is InChI=1S/C11H9NO3S3/c1-6-2-3-7(17-6)4-8-10(15)12(5-9(13)14)11(16)18-8/h2-4H,5H2,1H3,(H,13,14)/b8-4-. The number of hydrogen-bond donors (Lipinski definition) is 1. The topological polar surface area (TPSA) is 57.6 Å².